The number of nitrogens with two attached hydrogens (primary N) is 1. The van der Waals surface area contributed by atoms with E-state index in [9.17, 15) is 0 Å². The van der Waals surface area contributed by atoms with Crippen LogP contribution in [0.4, 0.5) is 0 Å². The van der Waals surface area contributed by atoms with E-state index in [-0.39, 0.29) is 0 Å². The second-order valence-electron chi connectivity index (χ2n) is 35.3. The van der Waals surface area contributed by atoms with Crippen molar-refractivity contribution in [1.82, 2.24) is 24.9 Å². The van der Waals surface area contributed by atoms with Crippen LogP contribution in [0.3, 0.4) is 0 Å². The summed E-state index contributed by atoms with van der Waals surface area (Å²) in [5, 5.41) is 28.0. The summed E-state index contributed by atoms with van der Waals surface area (Å²) in [6.45, 7) is 0. The number of benzene rings is 19. The summed E-state index contributed by atoms with van der Waals surface area (Å²) in [7, 11) is 0. The first-order chi connectivity index (χ1) is 66.8. The summed E-state index contributed by atoms with van der Waals surface area (Å²) in [5.41, 5.74) is 30.9. The molecule has 6 nitrogen and oxygen atoms in total. The highest BCUT2D eigenvalue weighted by molar-refractivity contribution is 7.27. The quantitative estimate of drug-likeness (QED) is 0.0968. The third kappa shape index (κ3) is 12.6. The molecule has 135 heavy (non-hydrogen) atoms. The van der Waals surface area contributed by atoms with Gasteiger partial charge in [0.25, 0.3) is 0 Å². The number of nitrogens with zero attached hydrogens (tertiary/aromatic N) is 5. The van der Waals surface area contributed by atoms with E-state index in [0.29, 0.717) is 11.4 Å². The monoisotopic (exact) mass is 1780 g/mol. The molecule has 0 bridgehead atoms. The molecule has 9 heterocycles. The van der Waals surface area contributed by atoms with Crippen LogP contribution in [0.25, 0.3) is 291 Å². The number of hydrogen-bond donors (Lipinski definition) is 1. The van der Waals surface area contributed by atoms with Crippen LogP contribution in [-0.4, -0.2) is 24.9 Å². The Morgan fingerprint density at radius 2 is 0.637 bits per heavy atom. The summed E-state index contributed by atoms with van der Waals surface area (Å²) in [6.07, 6.45) is 7.95. The number of pyridine rings is 5. The second kappa shape index (κ2) is 30.8. The van der Waals surface area contributed by atoms with Crippen LogP contribution in [0.2, 0.25) is 0 Å². The van der Waals surface area contributed by atoms with Gasteiger partial charge in [-0.1, -0.05) is 309 Å². The maximum atomic E-state index is 7.14. The summed E-state index contributed by atoms with van der Waals surface area (Å²) in [6, 6.07) is 147. The van der Waals surface area contributed by atoms with Crippen molar-refractivity contribution >= 4 is 235 Å². The molecule has 9 aromatic heterocycles. The van der Waals surface area contributed by atoms with Crippen LogP contribution < -0.4 is 5.73 Å². The van der Waals surface area contributed by atoms with Crippen molar-refractivity contribution in [3.63, 3.8) is 0 Å². The average molecular weight is 1790 g/mol. The number of thiophene rings is 4. The average Bonchev–Trinajstić information content (AvgIpc) is 1.60. The molecule has 0 aliphatic rings. The van der Waals surface area contributed by atoms with Crippen molar-refractivity contribution in [1.29, 1.82) is 0 Å². The zero-order chi connectivity index (χ0) is 88.6. The Morgan fingerprint density at radius 1 is 0.222 bits per heavy atom. The predicted octanol–water partition coefficient (Wildman–Crippen LogP) is 35.5. The zero-order valence-corrected chi connectivity index (χ0v) is 75.6. The molecule has 2 N–H and O–H groups in total. The van der Waals surface area contributed by atoms with Crippen LogP contribution in [0, 0.1) is 0 Å². The molecule has 0 saturated carbocycles. The van der Waals surface area contributed by atoms with Crippen molar-refractivity contribution in [2.75, 3.05) is 0 Å². The molecule has 0 radical (unpaired) electrons. The van der Waals surface area contributed by atoms with E-state index < -0.39 is 0 Å². The third-order valence-corrected chi connectivity index (χ3v) is 32.2. The van der Waals surface area contributed by atoms with Gasteiger partial charge in [-0.3, -0.25) is 4.98 Å². The van der Waals surface area contributed by atoms with Gasteiger partial charge in [-0.2, -0.15) is 0 Å². The zero-order valence-electron chi connectivity index (χ0n) is 72.4. The Balaban J connectivity index is 0.510. The molecule has 0 fully saturated rings. The number of rotatable bonds is 12. The fraction of sp³-hybridized carbons (Fsp3) is 0. The Labute approximate surface area is 790 Å². The van der Waals surface area contributed by atoms with Gasteiger partial charge in [0.1, 0.15) is 0 Å². The lowest BCUT2D eigenvalue weighted by Gasteiger charge is -2.14. The summed E-state index contributed by atoms with van der Waals surface area (Å²) >= 11 is 7.41. The molecule has 0 spiro atoms. The molecule has 626 valence electrons. The van der Waals surface area contributed by atoms with Gasteiger partial charge in [0.05, 0.1) is 56.4 Å². The maximum Gasteiger partial charge on any atom is 0.0900 e. The fourth-order valence-corrected chi connectivity index (χ4v) is 25.9. The maximum absolute atomic E-state index is 7.14. The smallest absolute Gasteiger partial charge is 0.0900 e. The molecular weight excluding hydrogens is 1710 g/mol. The first-order valence-corrected chi connectivity index (χ1v) is 48.8. The predicted molar refractivity (Wildman–Crippen MR) is 581 cm³/mol. The summed E-state index contributed by atoms with van der Waals surface area (Å²) in [4.78, 5) is 27.2. The molecule has 0 amide bonds. The normalized spacial score (nSPS) is 12.3. The van der Waals surface area contributed by atoms with E-state index in [1.807, 2.05) is 69.8 Å². The van der Waals surface area contributed by atoms with Crippen LogP contribution in [0.1, 0.15) is 11.3 Å². The number of aromatic nitrogens is 5. The molecule has 10 heteroatoms. The van der Waals surface area contributed by atoms with E-state index in [2.05, 4.69) is 400 Å². The molecular formula is C125H72N6S4. The lowest BCUT2D eigenvalue weighted by molar-refractivity contribution is 1.21. The van der Waals surface area contributed by atoms with Gasteiger partial charge in [0, 0.05) is 152 Å². The highest BCUT2D eigenvalue weighted by Crippen LogP contribution is 2.52. The van der Waals surface area contributed by atoms with E-state index in [1.165, 1.54) is 135 Å². The van der Waals surface area contributed by atoms with Gasteiger partial charge < -0.3 is 5.73 Å². The Morgan fingerprint density at radius 3 is 1.25 bits per heavy atom. The van der Waals surface area contributed by atoms with Crippen molar-refractivity contribution < 1.29 is 0 Å². The number of hydrogen-bond acceptors (Lipinski definition) is 10. The minimum absolute atomic E-state index is 0.532. The summed E-state index contributed by atoms with van der Waals surface area (Å²) < 4.78 is 9.99. The lowest BCUT2D eigenvalue weighted by Crippen LogP contribution is -2.01. The van der Waals surface area contributed by atoms with E-state index >= 15 is 0 Å². The topological polar surface area (TPSA) is 90.5 Å². The lowest BCUT2D eigenvalue weighted by atomic mass is 9.91. The SMILES string of the molecule is N/C(=C\C=C\c1ccc2c(c1)nc(-c1ccccc1)c1ccc3sc4ccccc4c3c12)c1cc(-c2ccccc2)cc(-c2cc(-c3ccc4sc5cc(-c6ccc7c(c6)nc(-c6cccc(-c8cccc9c8sc8ccc%10c(-c%11ccccc%11)nc%11cc(-c%12ccc%13c%14ccccc%14c%14ccccc%14c%13c%12)ccc%11c%10c89)c6)c6ccc8sc9ccccc9c8c67)ccc5c4c3)ccn2)n1. The highest BCUT2D eigenvalue weighted by atomic mass is 32.1. The van der Waals surface area contributed by atoms with E-state index in [0.717, 1.165) is 150 Å². The van der Waals surface area contributed by atoms with Gasteiger partial charge in [0.15, 0.2) is 0 Å². The van der Waals surface area contributed by atoms with Gasteiger partial charge in [-0.25, -0.2) is 19.9 Å². The molecule has 0 saturated heterocycles. The minimum Gasteiger partial charge on any atom is -0.397 e. The van der Waals surface area contributed by atoms with Crippen molar-refractivity contribution in [2.45, 2.75) is 0 Å². The summed E-state index contributed by atoms with van der Waals surface area (Å²) in [5.74, 6) is 0. The molecule has 19 aromatic carbocycles. The Bertz CT molecular complexity index is 10000. The Hall–Kier alpha value is -16.6. The van der Waals surface area contributed by atoms with Crippen molar-refractivity contribution in [2.24, 2.45) is 5.73 Å². The second-order valence-corrected chi connectivity index (χ2v) is 39.6. The largest absolute Gasteiger partial charge is 0.397 e. The molecule has 0 aliphatic heterocycles. The van der Waals surface area contributed by atoms with Gasteiger partial charge in [-0.05, 0) is 203 Å². The Kier molecular flexibility index (Phi) is 17.6. The molecule has 28 rings (SSSR count). The first-order valence-electron chi connectivity index (χ1n) is 45.6. The molecule has 0 unspecified atom stereocenters. The van der Waals surface area contributed by atoms with Crippen molar-refractivity contribution in [3.8, 4) is 101 Å². The van der Waals surface area contributed by atoms with E-state index in [1.54, 1.807) is 0 Å². The molecule has 0 aliphatic carbocycles. The fourth-order valence-electron chi connectivity index (χ4n) is 21.3. The number of fused-ring (bicyclic) bond motifs is 30. The molecule has 28 aromatic rings. The molecule has 0 atom stereocenters. The number of allylic oxidation sites excluding steroid dienone is 2. The van der Waals surface area contributed by atoms with Crippen LogP contribution in [0.5, 0.6) is 0 Å². The van der Waals surface area contributed by atoms with Gasteiger partial charge in [0.2, 0.25) is 0 Å². The standard InChI is InChI=1S/C125H72N6S4/c126-102(38-18-21-71-41-47-91-103(61-71)129-122(73-24-6-2-7-25-73)96-52-56-112-119(116(91)96)94-34-14-16-39-109(94)132-112)106-68-83(72-22-4-1-5-23-72)69-108(128-106)107-67-80(59-60-127-107)76-46-55-111-101(64-76)90-49-43-79(70-115(90)134-111)78-45-51-92-105(66-78)131-124(98-53-57-113-120(117(92)98)95-35-15-17-40-110(95)133-113)82-29-19-28-81(62-82)84-36-20-37-99-121-114(135-125(84)99)58-54-97-118(121)93-50-44-77(65-104(93)130-123(97)74-26-8-3-9-27-74)75-42-48-89-87-32-11-10-30-85(87)86-31-12-13-33-88(86)100(89)63-75/h1-70H,126H2/b21-18+,102-38-. The van der Waals surface area contributed by atoms with Gasteiger partial charge in [-0.15, -0.1) is 45.3 Å². The van der Waals surface area contributed by atoms with Crippen LogP contribution in [-0.2, 0) is 0 Å². The van der Waals surface area contributed by atoms with Crippen molar-refractivity contribution in [3.05, 3.63) is 430 Å². The third-order valence-electron chi connectivity index (χ3n) is 27.6. The van der Waals surface area contributed by atoms with E-state index in [4.69, 9.17) is 30.7 Å². The highest BCUT2D eigenvalue weighted by Gasteiger charge is 2.25. The van der Waals surface area contributed by atoms with Gasteiger partial charge >= 0.3 is 0 Å². The minimum atomic E-state index is 0.532. The van der Waals surface area contributed by atoms with Crippen LogP contribution >= 0.6 is 45.3 Å². The first kappa shape index (κ1) is 77.2. The van der Waals surface area contributed by atoms with Crippen LogP contribution in [0.15, 0.2) is 419 Å².